The number of thioether (sulfide) groups is 1. The normalized spacial score (nSPS) is 16.0. The summed E-state index contributed by atoms with van der Waals surface area (Å²) >= 11 is 7.39. The summed E-state index contributed by atoms with van der Waals surface area (Å²) < 4.78 is 30.3. The van der Waals surface area contributed by atoms with Crippen LogP contribution in [0.3, 0.4) is 0 Å². The van der Waals surface area contributed by atoms with E-state index >= 15 is 0 Å². The van der Waals surface area contributed by atoms with Gasteiger partial charge in [0.2, 0.25) is 11.8 Å². The van der Waals surface area contributed by atoms with E-state index in [1.54, 1.807) is 25.1 Å². The molecule has 2 N–H and O–H groups in total. The Morgan fingerprint density at radius 2 is 2.03 bits per heavy atom. The molecule has 0 radical (unpaired) electrons. The monoisotopic (exact) mass is 454 g/mol. The minimum Gasteiger partial charge on any atom is -0.495 e. The standard InChI is InChI=1S/C19H19ClN2O5S2/c1-11-19(24)22-15-10-13(4-6-17(15)28-11)29(25,26)8-7-18(23)21-12-3-5-16(27-2)14(20)9-12/h3-6,9-11H,7-8H2,1-2H3,(H,21,23)(H,22,24)/t11-/m0/s1. The lowest BCUT2D eigenvalue weighted by Crippen LogP contribution is -2.26. The number of ether oxygens (including phenoxy) is 1. The maximum Gasteiger partial charge on any atom is 0.237 e. The Morgan fingerprint density at radius 3 is 2.72 bits per heavy atom. The predicted molar refractivity (Wildman–Crippen MR) is 114 cm³/mol. The Labute approximate surface area is 178 Å². The lowest BCUT2D eigenvalue weighted by atomic mass is 10.3. The van der Waals surface area contributed by atoms with Crippen LogP contribution in [0, 0.1) is 0 Å². The number of hydrogen-bond donors (Lipinski definition) is 2. The van der Waals surface area contributed by atoms with Gasteiger partial charge >= 0.3 is 0 Å². The molecule has 1 heterocycles. The lowest BCUT2D eigenvalue weighted by molar-refractivity contribution is -0.116. The fraction of sp³-hybridized carbons (Fsp3) is 0.263. The molecule has 154 valence electrons. The molecule has 2 aromatic rings. The van der Waals surface area contributed by atoms with Crippen LogP contribution in [-0.4, -0.2) is 38.3 Å². The van der Waals surface area contributed by atoms with Gasteiger partial charge in [-0.2, -0.15) is 0 Å². The van der Waals surface area contributed by atoms with Crippen LogP contribution in [0.5, 0.6) is 5.75 Å². The van der Waals surface area contributed by atoms with Crippen LogP contribution in [0.15, 0.2) is 46.2 Å². The third kappa shape index (κ3) is 5.04. The zero-order chi connectivity index (χ0) is 21.2. The molecular formula is C19H19ClN2O5S2. The second kappa shape index (κ2) is 8.64. The van der Waals surface area contributed by atoms with Crippen LogP contribution >= 0.6 is 23.4 Å². The summed E-state index contributed by atoms with van der Waals surface area (Å²) in [7, 11) is -2.22. The number of fused-ring (bicyclic) bond motifs is 1. The van der Waals surface area contributed by atoms with Crippen LogP contribution in [0.4, 0.5) is 11.4 Å². The van der Waals surface area contributed by atoms with Crippen molar-refractivity contribution in [2.24, 2.45) is 0 Å². The van der Waals surface area contributed by atoms with Gasteiger partial charge in [-0.05, 0) is 43.3 Å². The van der Waals surface area contributed by atoms with Gasteiger partial charge in [-0.1, -0.05) is 11.6 Å². The van der Waals surface area contributed by atoms with E-state index in [1.807, 2.05) is 0 Å². The zero-order valence-corrected chi connectivity index (χ0v) is 18.1. The Hall–Kier alpha value is -2.23. The molecule has 3 rings (SSSR count). The maximum atomic E-state index is 12.6. The van der Waals surface area contributed by atoms with Crippen molar-refractivity contribution in [1.29, 1.82) is 0 Å². The van der Waals surface area contributed by atoms with Crippen molar-refractivity contribution in [2.75, 3.05) is 23.5 Å². The SMILES string of the molecule is COc1ccc(NC(=O)CCS(=O)(=O)c2ccc3c(c2)NC(=O)[C@H](C)S3)cc1Cl. The number of sulfone groups is 1. The number of amides is 2. The average Bonchev–Trinajstić information content (AvgIpc) is 2.67. The fourth-order valence-electron chi connectivity index (χ4n) is 2.69. The first-order valence-corrected chi connectivity index (χ1v) is 11.6. The van der Waals surface area contributed by atoms with Gasteiger partial charge in [-0.3, -0.25) is 9.59 Å². The third-order valence-corrected chi connectivity index (χ3v) is 7.46. The minimum atomic E-state index is -3.70. The highest BCUT2D eigenvalue weighted by molar-refractivity contribution is 8.01. The number of methoxy groups -OCH3 is 1. The number of halogens is 1. The molecule has 1 aliphatic rings. The van der Waals surface area contributed by atoms with Crippen LogP contribution in [0.25, 0.3) is 0 Å². The molecule has 2 aromatic carbocycles. The van der Waals surface area contributed by atoms with E-state index in [-0.39, 0.29) is 28.2 Å². The first-order valence-electron chi connectivity index (χ1n) is 8.67. The summed E-state index contributed by atoms with van der Waals surface area (Å²) in [6, 6.07) is 9.34. The molecule has 1 atom stereocenters. The topological polar surface area (TPSA) is 102 Å². The molecule has 7 nitrogen and oxygen atoms in total. The molecular weight excluding hydrogens is 436 g/mol. The van der Waals surface area contributed by atoms with Crippen LogP contribution in [-0.2, 0) is 19.4 Å². The Morgan fingerprint density at radius 1 is 1.28 bits per heavy atom. The van der Waals surface area contributed by atoms with E-state index in [9.17, 15) is 18.0 Å². The van der Waals surface area contributed by atoms with Crippen molar-refractivity contribution >= 4 is 56.4 Å². The number of anilines is 2. The average molecular weight is 455 g/mol. The second-order valence-electron chi connectivity index (χ2n) is 6.37. The smallest absolute Gasteiger partial charge is 0.237 e. The lowest BCUT2D eigenvalue weighted by Gasteiger charge is -2.21. The van der Waals surface area contributed by atoms with Crippen molar-refractivity contribution in [3.63, 3.8) is 0 Å². The van der Waals surface area contributed by atoms with E-state index in [4.69, 9.17) is 16.3 Å². The Balaban J connectivity index is 1.65. The van der Waals surface area contributed by atoms with Gasteiger partial charge in [-0.15, -0.1) is 11.8 Å². The predicted octanol–water partition coefficient (Wildman–Crippen LogP) is 3.58. The van der Waals surface area contributed by atoms with Gasteiger partial charge in [0.05, 0.1) is 33.7 Å². The third-order valence-electron chi connectivity index (χ3n) is 4.27. The van der Waals surface area contributed by atoms with E-state index in [2.05, 4.69) is 10.6 Å². The van der Waals surface area contributed by atoms with Gasteiger partial charge < -0.3 is 15.4 Å². The number of nitrogens with one attached hydrogen (secondary N) is 2. The Bertz CT molecular complexity index is 1070. The molecule has 0 bridgehead atoms. The van der Waals surface area contributed by atoms with Crippen molar-refractivity contribution in [1.82, 2.24) is 0 Å². The molecule has 0 spiro atoms. The summed E-state index contributed by atoms with van der Waals surface area (Å²) in [5, 5.41) is 5.42. The first kappa shape index (κ1) is 21.5. The van der Waals surface area contributed by atoms with Crippen molar-refractivity contribution in [3.8, 4) is 5.75 Å². The number of carbonyl (C=O) groups excluding carboxylic acids is 2. The summed E-state index contributed by atoms with van der Waals surface area (Å²) in [6.07, 6.45) is -0.221. The zero-order valence-electron chi connectivity index (χ0n) is 15.7. The van der Waals surface area contributed by atoms with E-state index in [0.717, 1.165) is 4.90 Å². The van der Waals surface area contributed by atoms with E-state index in [0.29, 0.717) is 22.1 Å². The maximum absolute atomic E-state index is 12.6. The van der Waals surface area contributed by atoms with Crippen LogP contribution in [0.2, 0.25) is 5.02 Å². The van der Waals surface area contributed by atoms with E-state index in [1.165, 1.54) is 37.1 Å². The van der Waals surface area contributed by atoms with Crippen molar-refractivity contribution in [2.45, 2.75) is 28.4 Å². The van der Waals surface area contributed by atoms with Gasteiger partial charge in [0, 0.05) is 17.0 Å². The van der Waals surface area contributed by atoms with Gasteiger partial charge in [0.1, 0.15) is 5.75 Å². The van der Waals surface area contributed by atoms with Crippen molar-refractivity contribution in [3.05, 3.63) is 41.4 Å². The van der Waals surface area contributed by atoms with Gasteiger partial charge in [0.15, 0.2) is 9.84 Å². The summed E-state index contributed by atoms with van der Waals surface area (Å²) in [5.74, 6) is -0.516. The number of carbonyl (C=O) groups is 2. The Kier molecular flexibility index (Phi) is 6.40. The molecule has 0 saturated heterocycles. The highest BCUT2D eigenvalue weighted by Crippen LogP contribution is 2.37. The van der Waals surface area contributed by atoms with E-state index < -0.39 is 15.7 Å². The summed E-state index contributed by atoms with van der Waals surface area (Å²) in [4.78, 5) is 24.8. The molecule has 0 aromatic heterocycles. The molecule has 2 amide bonds. The van der Waals surface area contributed by atoms with Crippen LogP contribution < -0.4 is 15.4 Å². The summed E-state index contributed by atoms with van der Waals surface area (Å²) in [5.41, 5.74) is 0.914. The molecule has 0 aliphatic carbocycles. The quantitative estimate of drug-likeness (QED) is 0.691. The largest absolute Gasteiger partial charge is 0.495 e. The highest BCUT2D eigenvalue weighted by atomic mass is 35.5. The number of rotatable bonds is 6. The second-order valence-corrected chi connectivity index (χ2v) is 10.3. The van der Waals surface area contributed by atoms with Crippen LogP contribution in [0.1, 0.15) is 13.3 Å². The first-order chi connectivity index (χ1) is 13.7. The minimum absolute atomic E-state index is 0.0620. The van der Waals surface area contributed by atoms with Gasteiger partial charge in [0.25, 0.3) is 0 Å². The molecule has 0 fully saturated rings. The summed E-state index contributed by atoms with van der Waals surface area (Å²) in [6.45, 7) is 1.78. The van der Waals surface area contributed by atoms with Gasteiger partial charge in [-0.25, -0.2) is 8.42 Å². The number of hydrogen-bond acceptors (Lipinski definition) is 6. The highest BCUT2D eigenvalue weighted by Gasteiger charge is 2.25. The number of benzene rings is 2. The molecule has 10 heteroatoms. The van der Waals surface area contributed by atoms with Crippen molar-refractivity contribution < 1.29 is 22.7 Å². The molecule has 0 unspecified atom stereocenters. The molecule has 1 aliphatic heterocycles. The molecule has 29 heavy (non-hydrogen) atoms. The molecule has 0 saturated carbocycles. The fourth-order valence-corrected chi connectivity index (χ4v) is 5.14.